The Morgan fingerprint density at radius 2 is 1.91 bits per heavy atom. The van der Waals surface area contributed by atoms with Gasteiger partial charge >= 0.3 is 0 Å². The van der Waals surface area contributed by atoms with E-state index < -0.39 is 0 Å². The van der Waals surface area contributed by atoms with Gasteiger partial charge in [0, 0.05) is 23.0 Å². The molecule has 1 N–H and O–H groups in total. The Balaban J connectivity index is 2.01. The standard InChI is InChI=1S/C28H35N3O/c1-17(2)31-26-12-19(4)22(14-24(26)20(5)15-28(31,7)8)13-23(16-29)27(32)30-25-11-9-10-18(3)21(25)6/h9-14,17,20H,15H2,1-8H3,(H,30,32)/b23-13-. The molecule has 0 fully saturated rings. The van der Waals surface area contributed by atoms with E-state index in [1.807, 2.05) is 32.0 Å². The Hall–Kier alpha value is -3.06. The maximum Gasteiger partial charge on any atom is 0.266 e. The number of nitrogens with one attached hydrogen (secondary N) is 1. The number of rotatable bonds is 4. The Morgan fingerprint density at radius 3 is 2.53 bits per heavy atom. The van der Waals surface area contributed by atoms with E-state index in [0.29, 0.717) is 12.0 Å². The van der Waals surface area contributed by atoms with Gasteiger partial charge in [0.25, 0.3) is 5.91 Å². The first-order valence-corrected chi connectivity index (χ1v) is 11.4. The van der Waals surface area contributed by atoms with Gasteiger partial charge in [0.05, 0.1) is 0 Å². The molecule has 4 heteroatoms. The summed E-state index contributed by atoms with van der Waals surface area (Å²) in [6, 6.07) is 12.7. The fraction of sp³-hybridized carbons (Fsp3) is 0.429. The predicted molar refractivity (Wildman–Crippen MR) is 134 cm³/mol. The normalized spacial score (nSPS) is 17.7. The van der Waals surface area contributed by atoms with Crippen LogP contribution in [0.2, 0.25) is 0 Å². The number of nitrogens with zero attached hydrogens (tertiary/aromatic N) is 2. The van der Waals surface area contributed by atoms with E-state index in [0.717, 1.165) is 34.4 Å². The van der Waals surface area contributed by atoms with Crippen molar-refractivity contribution < 1.29 is 4.79 Å². The summed E-state index contributed by atoms with van der Waals surface area (Å²) in [6.45, 7) is 17.4. The first kappa shape index (κ1) is 23.6. The predicted octanol–water partition coefficient (Wildman–Crippen LogP) is 6.66. The molecule has 1 heterocycles. The molecule has 1 atom stereocenters. The summed E-state index contributed by atoms with van der Waals surface area (Å²) in [5, 5.41) is 12.6. The number of carbonyl (C=O) groups excluding carboxylic acids is 1. The summed E-state index contributed by atoms with van der Waals surface area (Å²) in [4.78, 5) is 15.4. The molecular formula is C28H35N3O. The van der Waals surface area contributed by atoms with E-state index >= 15 is 0 Å². The van der Waals surface area contributed by atoms with Gasteiger partial charge in [0.2, 0.25) is 0 Å². The molecule has 0 radical (unpaired) electrons. The van der Waals surface area contributed by atoms with Crippen molar-refractivity contribution in [1.82, 2.24) is 0 Å². The number of benzene rings is 2. The Kier molecular flexibility index (Phi) is 6.51. The van der Waals surface area contributed by atoms with Crippen LogP contribution in [-0.2, 0) is 4.79 Å². The van der Waals surface area contributed by atoms with Crippen LogP contribution >= 0.6 is 0 Å². The molecule has 1 aliphatic rings. The van der Waals surface area contributed by atoms with Crippen molar-refractivity contribution in [2.75, 3.05) is 10.2 Å². The third kappa shape index (κ3) is 4.43. The molecule has 3 rings (SSSR count). The van der Waals surface area contributed by atoms with Crippen LogP contribution < -0.4 is 10.2 Å². The summed E-state index contributed by atoms with van der Waals surface area (Å²) in [5.41, 5.74) is 7.56. The Morgan fingerprint density at radius 1 is 1.22 bits per heavy atom. The third-order valence-corrected chi connectivity index (χ3v) is 6.70. The number of hydrogen-bond acceptors (Lipinski definition) is 3. The SMILES string of the molecule is Cc1cc2c(cc1/C=C(/C#N)C(=O)Nc1cccc(C)c1C)C(C)CC(C)(C)N2C(C)C. The minimum atomic E-state index is -0.378. The fourth-order valence-corrected chi connectivity index (χ4v) is 5.13. The first-order chi connectivity index (χ1) is 15.0. The zero-order valence-corrected chi connectivity index (χ0v) is 20.6. The first-order valence-electron chi connectivity index (χ1n) is 11.4. The average Bonchev–Trinajstić information content (AvgIpc) is 2.69. The Bertz CT molecular complexity index is 1120. The number of anilines is 2. The lowest BCUT2D eigenvalue weighted by Gasteiger charge is -2.50. The summed E-state index contributed by atoms with van der Waals surface area (Å²) in [6.07, 6.45) is 2.78. The largest absolute Gasteiger partial charge is 0.364 e. The van der Waals surface area contributed by atoms with E-state index in [9.17, 15) is 10.1 Å². The van der Waals surface area contributed by atoms with Gasteiger partial charge in [0.1, 0.15) is 11.6 Å². The van der Waals surface area contributed by atoms with Crippen LogP contribution in [0.3, 0.4) is 0 Å². The highest BCUT2D eigenvalue weighted by atomic mass is 16.1. The summed E-state index contributed by atoms with van der Waals surface area (Å²) >= 11 is 0. The molecule has 0 bridgehead atoms. The monoisotopic (exact) mass is 429 g/mol. The molecule has 1 amide bonds. The minimum Gasteiger partial charge on any atom is -0.364 e. The van der Waals surface area contributed by atoms with Gasteiger partial charge in [-0.2, -0.15) is 5.26 Å². The second-order valence-electron chi connectivity index (χ2n) is 10.0. The highest BCUT2D eigenvalue weighted by Crippen LogP contribution is 2.45. The van der Waals surface area contributed by atoms with Crippen LogP contribution in [0.1, 0.15) is 74.8 Å². The zero-order chi connectivity index (χ0) is 23.8. The zero-order valence-electron chi connectivity index (χ0n) is 20.6. The molecule has 2 aromatic rings. The van der Waals surface area contributed by atoms with Crippen LogP contribution in [0, 0.1) is 32.1 Å². The molecule has 2 aromatic carbocycles. The number of hydrogen-bond donors (Lipinski definition) is 1. The number of nitriles is 1. The summed E-state index contributed by atoms with van der Waals surface area (Å²) in [5.74, 6) is 0.0216. The highest BCUT2D eigenvalue weighted by molar-refractivity contribution is 6.10. The molecule has 0 spiro atoms. The number of aryl methyl sites for hydroxylation is 2. The fourth-order valence-electron chi connectivity index (χ4n) is 5.13. The number of carbonyl (C=O) groups is 1. The van der Waals surface area contributed by atoms with Crippen molar-refractivity contribution in [3.8, 4) is 6.07 Å². The molecular weight excluding hydrogens is 394 g/mol. The van der Waals surface area contributed by atoms with Gasteiger partial charge in [-0.25, -0.2) is 0 Å². The lowest BCUT2D eigenvalue weighted by molar-refractivity contribution is -0.112. The van der Waals surface area contributed by atoms with E-state index in [-0.39, 0.29) is 17.0 Å². The van der Waals surface area contributed by atoms with Crippen LogP contribution in [0.25, 0.3) is 6.08 Å². The Labute approximate surface area is 192 Å². The second-order valence-corrected chi connectivity index (χ2v) is 10.0. The van der Waals surface area contributed by atoms with Gasteiger partial charge in [-0.15, -0.1) is 0 Å². The van der Waals surface area contributed by atoms with Crippen LogP contribution in [-0.4, -0.2) is 17.5 Å². The molecule has 0 saturated carbocycles. The second kappa shape index (κ2) is 8.82. The van der Waals surface area contributed by atoms with Crippen LogP contribution in [0.5, 0.6) is 0 Å². The topological polar surface area (TPSA) is 56.1 Å². The van der Waals surface area contributed by atoms with Gasteiger partial charge in [-0.3, -0.25) is 4.79 Å². The number of fused-ring (bicyclic) bond motifs is 1. The summed E-state index contributed by atoms with van der Waals surface area (Å²) in [7, 11) is 0. The van der Waals surface area contributed by atoms with E-state index in [4.69, 9.17) is 0 Å². The molecule has 4 nitrogen and oxygen atoms in total. The van der Waals surface area contributed by atoms with E-state index in [1.54, 1.807) is 6.08 Å². The van der Waals surface area contributed by atoms with Gasteiger partial charge in [0.15, 0.2) is 0 Å². The lowest BCUT2D eigenvalue weighted by Crippen LogP contribution is -2.51. The smallest absolute Gasteiger partial charge is 0.266 e. The maximum absolute atomic E-state index is 12.9. The van der Waals surface area contributed by atoms with Crippen molar-refractivity contribution in [1.29, 1.82) is 5.26 Å². The third-order valence-electron chi connectivity index (χ3n) is 6.70. The van der Waals surface area contributed by atoms with Crippen molar-refractivity contribution >= 4 is 23.4 Å². The molecule has 168 valence electrons. The van der Waals surface area contributed by atoms with Crippen LogP contribution in [0.15, 0.2) is 35.9 Å². The molecule has 1 aliphatic heterocycles. The maximum atomic E-state index is 12.9. The minimum absolute atomic E-state index is 0.0771. The number of amides is 1. The molecule has 0 aliphatic carbocycles. The highest BCUT2D eigenvalue weighted by Gasteiger charge is 2.37. The van der Waals surface area contributed by atoms with E-state index in [1.165, 1.54) is 11.3 Å². The lowest BCUT2D eigenvalue weighted by atomic mass is 9.78. The molecule has 0 saturated heterocycles. The average molecular weight is 430 g/mol. The molecule has 1 unspecified atom stereocenters. The van der Waals surface area contributed by atoms with Gasteiger partial charge in [-0.1, -0.05) is 19.1 Å². The summed E-state index contributed by atoms with van der Waals surface area (Å²) < 4.78 is 0. The van der Waals surface area contributed by atoms with Crippen molar-refractivity contribution in [3.05, 3.63) is 63.7 Å². The van der Waals surface area contributed by atoms with Crippen molar-refractivity contribution in [2.45, 2.75) is 79.3 Å². The van der Waals surface area contributed by atoms with Crippen molar-refractivity contribution in [2.24, 2.45) is 0 Å². The van der Waals surface area contributed by atoms with E-state index in [2.05, 4.69) is 70.0 Å². The van der Waals surface area contributed by atoms with Crippen LogP contribution in [0.4, 0.5) is 11.4 Å². The molecule has 0 aromatic heterocycles. The molecule has 32 heavy (non-hydrogen) atoms. The quantitative estimate of drug-likeness (QED) is 0.437. The van der Waals surface area contributed by atoms with Crippen molar-refractivity contribution in [3.63, 3.8) is 0 Å². The van der Waals surface area contributed by atoms with Gasteiger partial charge < -0.3 is 10.2 Å². The van der Waals surface area contributed by atoms with Gasteiger partial charge in [-0.05, 0) is 113 Å².